The summed E-state index contributed by atoms with van der Waals surface area (Å²) in [5.74, 6) is -0.853. The number of ether oxygens (including phenoxy) is 1. The summed E-state index contributed by atoms with van der Waals surface area (Å²) in [6, 6.07) is 8.90. The van der Waals surface area contributed by atoms with Gasteiger partial charge in [0, 0.05) is 5.56 Å². The van der Waals surface area contributed by atoms with E-state index in [-0.39, 0.29) is 28.2 Å². The molecular formula is C14H11BrClF4NO. The van der Waals surface area contributed by atoms with Gasteiger partial charge in [0.15, 0.2) is 0 Å². The van der Waals surface area contributed by atoms with E-state index in [4.69, 9.17) is 5.73 Å². The molecule has 0 aliphatic rings. The number of nitrogens with two attached hydrogens (primary N) is 1. The van der Waals surface area contributed by atoms with E-state index in [1.807, 2.05) is 0 Å². The van der Waals surface area contributed by atoms with Gasteiger partial charge in [-0.25, -0.2) is 4.39 Å². The predicted octanol–water partition coefficient (Wildman–Crippen LogP) is 4.96. The topological polar surface area (TPSA) is 35.2 Å². The molecule has 2 aromatic carbocycles. The first-order valence-corrected chi connectivity index (χ1v) is 6.62. The summed E-state index contributed by atoms with van der Waals surface area (Å²) in [6.07, 6.45) is -4.75. The summed E-state index contributed by atoms with van der Waals surface area (Å²) in [4.78, 5) is 0. The fraction of sp³-hybridized carbons (Fsp3) is 0.143. The minimum atomic E-state index is -4.75. The van der Waals surface area contributed by atoms with Gasteiger partial charge in [-0.05, 0) is 39.7 Å². The van der Waals surface area contributed by atoms with Crippen LogP contribution in [0.2, 0.25) is 0 Å². The van der Waals surface area contributed by atoms with Crippen LogP contribution in [0.25, 0.3) is 0 Å². The molecule has 120 valence electrons. The molecule has 2 N–H and O–H groups in total. The summed E-state index contributed by atoms with van der Waals surface area (Å²) in [5.41, 5.74) is 6.66. The van der Waals surface area contributed by atoms with Gasteiger partial charge in [-0.1, -0.05) is 24.3 Å². The Kier molecular flexibility index (Phi) is 6.22. The van der Waals surface area contributed by atoms with Gasteiger partial charge in [-0.3, -0.25) is 0 Å². The zero-order valence-electron chi connectivity index (χ0n) is 10.9. The van der Waals surface area contributed by atoms with E-state index in [9.17, 15) is 17.6 Å². The van der Waals surface area contributed by atoms with Crippen LogP contribution in [0.15, 0.2) is 46.9 Å². The molecule has 0 aliphatic heterocycles. The first-order valence-electron chi connectivity index (χ1n) is 5.83. The van der Waals surface area contributed by atoms with E-state index in [2.05, 4.69) is 20.7 Å². The Morgan fingerprint density at radius 3 is 2.18 bits per heavy atom. The summed E-state index contributed by atoms with van der Waals surface area (Å²) in [6.45, 7) is 0. The van der Waals surface area contributed by atoms with E-state index < -0.39 is 18.2 Å². The van der Waals surface area contributed by atoms with Crippen LogP contribution in [-0.2, 0) is 0 Å². The molecule has 0 aliphatic carbocycles. The van der Waals surface area contributed by atoms with Crippen molar-refractivity contribution in [3.63, 3.8) is 0 Å². The fourth-order valence-corrected chi connectivity index (χ4v) is 2.20. The second-order valence-corrected chi connectivity index (χ2v) is 5.09. The predicted molar refractivity (Wildman–Crippen MR) is 80.5 cm³/mol. The van der Waals surface area contributed by atoms with E-state index in [0.29, 0.717) is 5.56 Å². The molecule has 0 unspecified atom stereocenters. The van der Waals surface area contributed by atoms with E-state index >= 15 is 0 Å². The molecule has 1 atom stereocenters. The zero-order chi connectivity index (χ0) is 15.6. The molecule has 0 heterocycles. The maximum atomic E-state index is 13.9. The zero-order valence-corrected chi connectivity index (χ0v) is 13.3. The number of hydrogen-bond acceptors (Lipinski definition) is 2. The normalized spacial score (nSPS) is 12.5. The Labute approximate surface area is 138 Å². The van der Waals surface area contributed by atoms with Crippen molar-refractivity contribution in [1.29, 1.82) is 0 Å². The third kappa shape index (κ3) is 4.59. The lowest BCUT2D eigenvalue weighted by Crippen LogP contribution is -2.17. The molecule has 2 aromatic rings. The van der Waals surface area contributed by atoms with Gasteiger partial charge in [-0.2, -0.15) is 0 Å². The maximum Gasteiger partial charge on any atom is 0.573 e. The van der Waals surface area contributed by atoms with Crippen molar-refractivity contribution >= 4 is 28.3 Å². The highest BCUT2D eigenvalue weighted by molar-refractivity contribution is 9.10. The number of halogens is 6. The molecule has 22 heavy (non-hydrogen) atoms. The average Bonchev–Trinajstić information content (AvgIpc) is 2.40. The molecular weight excluding hydrogens is 390 g/mol. The van der Waals surface area contributed by atoms with Crippen LogP contribution < -0.4 is 10.5 Å². The van der Waals surface area contributed by atoms with Crippen molar-refractivity contribution in [1.82, 2.24) is 0 Å². The Morgan fingerprint density at radius 2 is 1.64 bits per heavy atom. The quantitative estimate of drug-likeness (QED) is 0.740. The highest BCUT2D eigenvalue weighted by Gasteiger charge is 2.31. The number of benzene rings is 2. The molecule has 0 aromatic heterocycles. The molecule has 0 spiro atoms. The maximum absolute atomic E-state index is 13.9. The van der Waals surface area contributed by atoms with Gasteiger partial charge in [0.2, 0.25) is 0 Å². The van der Waals surface area contributed by atoms with Crippen LogP contribution in [0.1, 0.15) is 17.2 Å². The van der Waals surface area contributed by atoms with E-state index in [1.165, 1.54) is 24.3 Å². The lowest BCUT2D eigenvalue weighted by atomic mass is 9.99. The lowest BCUT2D eigenvalue weighted by Gasteiger charge is -2.15. The molecule has 2 rings (SSSR count). The first kappa shape index (κ1) is 18.7. The van der Waals surface area contributed by atoms with Gasteiger partial charge >= 0.3 is 6.36 Å². The monoisotopic (exact) mass is 399 g/mol. The first-order chi connectivity index (χ1) is 9.78. The standard InChI is InChI=1S/C14H10BrF4NO.ClH/c15-11-3-1-2-10(12(11)16)13(20)8-4-6-9(7-5-8)21-14(17,18)19;/h1-7,13H,20H2;1H/t13-;/m0./s1. The van der Waals surface area contributed by atoms with Gasteiger partial charge in [0.1, 0.15) is 11.6 Å². The third-order valence-electron chi connectivity index (χ3n) is 2.79. The average molecular weight is 401 g/mol. The molecule has 0 saturated heterocycles. The van der Waals surface area contributed by atoms with Crippen LogP contribution in [0, 0.1) is 5.82 Å². The molecule has 0 fully saturated rings. The summed E-state index contributed by atoms with van der Waals surface area (Å²) < 4.78 is 54.2. The summed E-state index contributed by atoms with van der Waals surface area (Å²) in [7, 11) is 0. The number of hydrogen-bond donors (Lipinski definition) is 1. The molecule has 0 radical (unpaired) electrons. The van der Waals surface area contributed by atoms with Gasteiger partial charge < -0.3 is 10.5 Å². The Morgan fingerprint density at radius 1 is 1.05 bits per heavy atom. The Bertz CT molecular complexity index is 634. The summed E-state index contributed by atoms with van der Waals surface area (Å²) >= 11 is 3.06. The Hall–Kier alpha value is -1.31. The smallest absolute Gasteiger partial charge is 0.406 e. The number of alkyl halides is 3. The fourth-order valence-electron chi connectivity index (χ4n) is 1.82. The SMILES string of the molecule is Cl.N[C@@H](c1ccc(OC(F)(F)F)cc1)c1cccc(Br)c1F. The van der Waals surface area contributed by atoms with Crippen LogP contribution in [0.4, 0.5) is 17.6 Å². The van der Waals surface area contributed by atoms with Crippen molar-refractivity contribution in [2.75, 3.05) is 0 Å². The minimum absolute atomic E-state index is 0. The molecule has 0 amide bonds. The largest absolute Gasteiger partial charge is 0.573 e. The number of rotatable bonds is 3. The molecule has 0 bridgehead atoms. The molecule has 2 nitrogen and oxygen atoms in total. The van der Waals surface area contributed by atoms with Crippen molar-refractivity contribution in [2.45, 2.75) is 12.4 Å². The second kappa shape index (κ2) is 7.30. The van der Waals surface area contributed by atoms with E-state index in [1.54, 1.807) is 6.07 Å². The lowest BCUT2D eigenvalue weighted by molar-refractivity contribution is -0.274. The van der Waals surface area contributed by atoms with E-state index in [0.717, 1.165) is 12.1 Å². The highest BCUT2D eigenvalue weighted by atomic mass is 79.9. The minimum Gasteiger partial charge on any atom is -0.406 e. The van der Waals surface area contributed by atoms with Crippen LogP contribution in [0.3, 0.4) is 0 Å². The Balaban J connectivity index is 0.00000242. The van der Waals surface area contributed by atoms with Gasteiger partial charge in [0.25, 0.3) is 0 Å². The second-order valence-electron chi connectivity index (χ2n) is 4.24. The van der Waals surface area contributed by atoms with Crippen molar-refractivity contribution in [2.24, 2.45) is 5.73 Å². The van der Waals surface area contributed by atoms with Crippen LogP contribution in [0.5, 0.6) is 5.75 Å². The van der Waals surface area contributed by atoms with Crippen LogP contribution in [-0.4, -0.2) is 6.36 Å². The third-order valence-corrected chi connectivity index (χ3v) is 3.40. The van der Waals surface area contributed by atoms with Crippen molar-refractivity contribution in [3.05, 3.63) is 63.9 Å². The molecule has 8 heteroatoms. The van der Waals surface area contributed by atoms with Crippen LogP contribution >= 0.6 is 28.3 Å². The summed E-state index contributed by atoms with van der Waals surface area (Å²) in [5, 5.41) is 0. The van der Waals surface area contributed by atoms with Crippen molar-refractivity contribution < 1.29 is 22.3 Å². The molecule has 0 saturated carbocycles. The highest BCUT2D eigenvalue weighted by Crippen LogP contribution is 2.29. The van der Waals surface area contributed by atoms with Crippen molar-refractivity contribution in [3.8, 4) is 5.75 Å². The van der Waals surface area contributed by atoms with Gasteiger partial charge in [-0.15, -0.1) is 25.6 Å². The van der Waals surface area contributed by atoms with Gasteiger partial charge in [0.05, 0.1) is 10.5 Å².